The molecule has 0 unspecified atom stereocenters. The molecule has 1 spiro atoms. The first-order valence-corrected chi connectivity index (χ1v) is 24.7. The van der Waals surface area contributed by atoms with Gasteiger partial charge in [-0.3, -0.25) is 0 Å². The molecule has 5 aliphatic rings. The van der Waals surface area contributed by atoms with Gasteiger partial charge < -0.3 is 8.83 Å². The van der Waals surface area contributed by atoms with Crippen LogP contribution in [0, 0.1) is 23.7 Å². The van der Waals surface area contributed by atoms with Crippen LogP contribution in [0.2, 0.25) is 0 Å². The summed E-state index contributed by atoms with van der Waals surface area (Å²) in [7, 11) is 0. The molecule has 5 aliphatic carbocycles. The topological polar surface area (TPSA) is 65.0 Å². The second kappa shape index (κ2) is 13.4. The highest BCUT2D eigenvalue weighted by Gasteiger charge is 2.62. The van der Waals surface area contributed by atoms with Crippen LogP contribution in [0.3, 0.4) is 0 Å². The molecule has 5 nitrogen and oxygen atoms in total. The average molecular weight is 880 g/mol. The largest absolute Gasteiger partial charge is 0.456 e. The maximum absolute atomic E-state index is 6.68. The van der Waals surface area contributed by atoms with Crippen molar-refractivity contribution >= 4 is 75.4 Å². The normalized spacial score (nSPS) is 21.5. The summed E-state index contributed by atoms with van der Waals surface area (Å²) in [5.74, 6) is 4.85. The molecule has 0 aliphatic heterocycles. The Labute approximate surface area is 389 Å². The summed E-state index contributed by atoms with van der Waals surface area (Å²) in [6.45, 7) is 0. The first-order valence-electron chi connectivity index (χ1n) is 23.9. The van der Waals surface area contributed by atoms with Crippen LogP contribution in [-0.4, -0.2) is 15.0 Å². The predicted molar refractivity (Wildman–Crippen MR) is 272 cm³/mol. The molecule has 8 aromatic carbocycles. The van der Waals surface area contributed by atoms with Gasteiger partial charge in [0.15, 0.2) is 17.5 Å². The Bertz CT molecular complexity index is 3940. The van der Waals surface area contributed by atoms with Gasteiger partial charge in [-0.15, -0.1) is 11.3 Å². The molecule has 0 amide bonds. The minimum Gasteiger partial charge on any atom is -0.456 e. The summed E-state index contributed by atoms with van der Waals surface area (Å²) in [5.41, 5.74) is 14.4. The molecule has 4 heterocycles. The number of nitrogens with zero attached hydrogens (tertiary/aromatic N) is 3. The zero-order chi connectivity index (χ0) is 43.5. The van der Waals surface area contributed by atoms with Crippen LogP contribution in [-0.2, 0) is 5.41 Å². The van der Waals surface area contributed by atoms with Gasteiger partial charge in [-0.1, -0.05) is 103 Å². The minimum absolute atomic E-state index is 0.0804. The highest BCUT2D eigenvalue weighted by Crippen LogP contribution is 2.70. The molecule has 6 heteroatoms. The molecule has 4 saturated carbocycles. The maximum Gasteiger partial charge on any atom is 0.164 e. The van der Waals surface area contributed by atoms with Crippen LogP contribution in [0.15, 0.2) is 173 Å². The lowest BCUT2D eigenvalue weighted by atomic mass is 9.43. The summed E-state index contributed by atoms with van der Waals surface area (Å²) < 4.78 is 15.5. The van der Waals surface area contributed by atoms with Gasteiger partial charge in [0.25, 0.3) is 0 Å². The molecule has 12 aromatic rings. The van der Waals surface area contributed by atoms with E-state index in [-0.39, 0.29) is 5.41 Å². The molecule has 4 bridgehead atoms. The first kappa shape index (κ1) is 36.8. The number of hydrogen-bond donors (Lipinski definition) is 0. The number of para-hydroxylation sites is 3. The molecule has 4 aromatic heterocycles. The van der Waals surface area contributed by atoms with E-state index in [9.17, 15) is 0 Å². The number of benzene rings is 8. The van der Waals surface area contributed by atoms with Crippen molar-refractivity contribution in [2.75, 3.05) is 0 Å². The van der Waals surface area contributed by atoms with Gasteiger partial charge in [0.2, 0.25) is 0 Å². The number of aromatic nitrogens is 3. The number of rotatable bonds is 4. The van der Waals surface area contributed by atoms with Crippen molar-refractivity contribution in [2.45, 2.75) is 37.5 Å². The fourth-order valence-electron chi connectivity index (χ4n) is 14.1. The van der Waals surface area contributed by atoms with Gasteiger partial charge in [-0.2, -0.15) is 0 Å². The Hall–Kier alpha value is -7.41. The van der Waals surface area contributed by atoms with E-state index in [0.29, 0.717) is 29.3 Å². The highest BCUT2D eigenvalue weighted by atomic mass is 32.1. The van der Waals surface area contributed by atoms with E-state index in [1.807, 2.05) is 23.5 Å². The number of hydrogen-bond acceptors (Lipinski definition) is 6. The second-order valence-electron chi connectivity index (χ2n) is 19.9. The van der Waals surface area contributed by atoms with Crippen molar-refractivity contribution in [3.63, 3.8) is 0 Å². The van der Waals surface area contributed by atoms with Crippen LogP contribution in [0.4, 0.5) is 0 Å². The van der Waals surface area contributed by atoms with Gasteiger partial charge in [0.1, 0.15) is 22.3 Å². The summed E-state index contributed by atoms with van der Waals surface area (Å²) in [6, 6.07) is 59.4. The predicted octanol–water partition coefficient (Wildman–Crippen LogP) is 16.4. The van der Waals surface area contributed by atoms with E-state index in [2.05, 4.69) is 152 Å². The summed E-state index contributed by atoms with van der Waals surface area (Å²) >= 11 is 1.83. The SMILES string of the molecule is c1cc(-c2nc(-c3ccc4oc5ccccc5c4c3)nc(-c3ccc4sc5ccccc5c4c3)n2)c2c(c1)C1(c3cc(-c4cccc5c4oc4ccccc45)ccc3-2)C2CC3CC(C2)CC1C3. The first-order chi connectivity index (χ1) is 33.1. The molecule has 17 rings (SSSR count). The van der Waals surface area contributed by atoms with Crippen molar-refractivity contribution in [2.24, 2.45) is 23.7 Å². The Morgan fingerprint density at radius 1 is 0.403 bits per heavy atom. The molecule has 0 atom stereocenters. The lowest BCUT2D eigenvalue weighted by Gasteiger charge is -2.61. The van der Waals surface area contributed by atoms with Crippen molar-refractivity contribution in [3.8, 4) is 56.4 Å². The zero-order valence-electron chi connectivity index (χ0n) is 36.5. The zero-order valence-corrected chi connectivity index (χ0v) is 37.3. The quantitative estimate of drug-likeness (QED) is 0.176. The summed E-state index contributed by atoms with van der Waals surface area (Å²) in [6.07, 6.45) is 6.59. The van der Waals surface area contributed by atoms with E-state index < -0.39 is 0 Å². The van der Waals surface area contributed by atoms with E-state index in [4.69, 9.17) is 23.8 Å². The molecule has 0 saturated heterocycles. The summed E-state index contributed by atoms with van der Waals surface area (Å²) in [4.78, 5) is 16.4. The lowest BCUT2D eigenvalue weighted by Crippen LogP contribution is -2.55. The van der Waals surface area contributed by atoms with Crippen molar-refractivity contribution in [1.82, 2.24) is 15.0 Å². The molecule has 318 valence electrons. The van der Waals surface area contributed by atoms with Crippen LogP contribution >= 0.6 is 11.3 Å². The van der Waals surface area contributed by atoms with Crippen LogP contribution in [0.5, 0.6) is 0 Å². The van der Waals surface area contributed by atoms with Gasteiger partial charge in [-0.25, -0.2) is 15.0 Å². The molecule has 67 heavy (non-hydrogen) atoms. The Morgan fingerprint density at radius 2 is 1.00 bits per heavy atom. The van der Waals surface area contributed by atoms with Crippen molar-refractivity contribution < 1.29 is 8.83 Å². The summed E-state index contributed by atoms with van der Waals surface area (Å²) in [5, 5.41) is 6.93. The van der Waals surface area contributed by atoms with Gasteiger partial charge >= 0.3 is 0 Å². The number of fused-ring (bicyclic) bond motifs is 12. The molecule has 0 N–H and O–H groups in total. The molecule has 0 radical (unpaired) electrons. The number of thiophene rings is 1. The Kier molecular flexibility index (Phi) is 7.33. The van der Waals surface area contributed by atoms with E-state index in [1.165, 1.54) is 80.1 Å². The fourth-order valence-corrected chi connectivity index (χ4v) is 15.1. The Balaban J connectivity index is 0.937. The van der Waals surface area contributed by atoms with Crippen LogP contribution in [0.1, 0.15) is 43.2 Å². The third-order valence-electron chi connectivity index (χ3n) is 16.5. The smallest absolute Gasteiger partial charge is 0.164 e. The van der Waals surface area contributed by atoms with Crippen molar-refractivity contribution in [1.29, 1.82) is 0 Å². The van der Waals surface area contributed by atoms with Gasteiger partial charge in [0.05, 0.1) is 0 Å². The third-order valence-corrected chi connectivity index (χ3v) is 17.7. The highest BCUT2D eigenvalue weighted by molar-refractivity contribution is 7.25. The average Bonchev–Trinajstić information content (AvgIpc) is 4.13. The molecule has 4 fully saturated rings. The van der Waals surface area contributed by atoms with Crippen molar-refractivity contribution in [3.05, 3.63) is 175 Å². The van der Waals surface area contributed by atoms with E-state index in [0.717, 1.165) is 78.0 Å². The molecular weight excluding hydrogens is 839 g/mol. The van der Waals surface area contributed by atoms with E-state index >= 15 is 0 Å². The van der Waals surface area contributed by atoms with Gasteiger partial charge in [0, 0.05) is 69.4 Å². The number of furan rings is 2. The monoisotopic (exact) mass is 879 g/mol. The van der Waals surface area contributed by atoms with Crippen LogP contribution < -0.4 is 0 Å². The fraction of sp³-hybridized carbons (Fsp3) is 0.164. The third kappa shape index (κ3) is 5.06. The minimum atomic E-state index is -0.0804. The van der Waals surface area contributed by atoms with Crippen LogP contribution in [0.25, 0.3) is 120 Å². The van der Waals surface area contributed by atoms with E-state index in [1.54, 1.807) is 0 Å². The lowest BCUT2D eigenvalue weighted by molar-refractivity contribution is -0.0399. The van der Waals surface area contributed by atoms with Gasteiger partial charge in [-0.05, 0) is 144 Å². The Morgan fingerprint density at radius 3 is 1.81 bits per heavy atom. The standard InChI is InChI=1S/C61H41N3O2S/c1-5-17-52-41(9-1)44-13-7-12-40(57(44)66-52)35-19-22-45-50(32-35)61(38-26-33-25-34(28-38)29-39(61)27-33)49-15-8-14-46(56(45)49)60-63-58(36-20-23-53-47(30-36)42-10-2-4-16-51(42)65-53)62-59(64-60)37-21-24-55-48(31-37)43-11-3-6-18-54(43)67-55/h1-24,30-34,38-39H,25-29H2. The molecular formula is C61H41N3O2S. The second-order valence-corrected chi connectivity index (χ2v) is 21.0. The maximum atomic E-state index is 6.68.